The average Bonchev–Trinajstić information content (AvgIpc) is 3.72. The maximum atomic E-state index is 14.9. The minimum atomic E-state index is -1.39. The molecule has 10 rings (SSSR count). The number of nitriles is 1. The van der Waals surface area contributed by atoms with Gasteiger partial charge in [0.15, 0.2) is 28.5 Å². The molecule has 1 amide bonds. The fourth-order valence-electron chi connectivity index (χ4n) is 9.95. The van der Waals surface area contributed by atoms with E-state index in [4.69, 9.17) is 28.4 Å². The van der Waals surface area contributed by atoms with Gasteiger partial charge >= 0.3 is 11.9 Å². The summed E-state index contributed by atoms with van der Waals surface area (Å²) in [7, 11) is 3.01. The van der Waals surface area contributed by atoms with Crippen molar-refractivity contribution in [2.45, 2.75) is 74.2 Å². The van der Waals surface area contributed by atoms with E-state index in [0.717, 1.165) is 11.1 Å². The Bertz CT molecular complexity index is 2300. The van der Waals surface area contributed by atoms with Crippen LogP contribution in [-0.2, 0) is 44.0 Å². The fraction of sp³-hybridized carbons (Fsp3) is 0.463. The van der Waals surface area contributed by atoms with Gasteiger partial charge in [0, 0.05) is 65.7 Å². The molecular formula is C41H43N5O11S. The number of amides is 1. The molecule has 16 nitrogen and oxygen atoms in total. The number of benzene rings is 3. The first kappa shape index (κ1) is 38.3. The number of phenols is 1. The highest BCUT2D eigenvalue weighted by Crippen LogP contribution is 2.63. The summed E-state index contributed by atoms with van der Waals surface area (Å²) >= 11 is 1.46. The molecule has 4 bridgehead atoms. The van der Waals surface area contributed by atoms with Crippen LogP contribution in [0.4, 0.5) is 0 Å². The van der Waals surface area contributed by atoms with E-state index in [1.54, 1.807) is 12.1 Å². The minimum Gasteiger partial charge on any atom is -0.504 e. The number of aromatic hydroxyl groups is 1. The Morgan fingerprint density at radius 2 is 1.90 bits per heavy atom. The molecular weight excluding hydrogens is 771 g/mol. The minimum absolute atomic E-state index is 0.00424. The summed E-state index contributed by atoms with van der Waals surface area (Å²) in [4.78, 5) is 41.9. The Morgan fingerprint density at radius 1 is 1.10 bits per heavy atom. The van der Waals surface area contributed by atoms with Gasteiger partial charge < -0.3 is 49.3 Å². The zero-order valence-electron chi connectivity index (χ0n) is 32.3. The number of piperazine rings is 1. The second-order valence-corrected chi connectivity index (χ2v) is 16.4. The van der Waals surface area contributed by atoms with Crippen LogP contribution >= 0.6 is 11.8 Å². The number of carbonyl (C=O) groups is 3. The van der Waals surface area contributed by atoms with E-state index in [2.05, 4.69) is 26.9 Å². The van der Waals surface area contributed by atoms with Crippen molar-refractivity contribution < 1.29 is 53.0 Å². The van der Waals surface area contributed by atoms with Gasteiger partial charge in [-0.3, -0.25) is 19.8 Å². The Balaban J connectivity index is 1.26. The maximum absolute atomic E-state index is 14.9. The van der Waals surface area contributed by atoms with E-state index < -0.39 is 59.4 Å². The standard InChI is InChI=1S/C41H43N5O11S/c1-18-36(57-19(2)48)32-31(38-37(18)55-17-56-38)26-15-54-40(51)41(23-11-28(53-4)22(13-43-29(49)14-47)9-20(23)7-8-44-41)16-58-39(32)34-33-30-21(5-6-27(52-3)35(30)50)10-24(45-33)25(12-42)46(26)34/h5-6,9,11,24-26,33-34,39,44-45,47,50H,7-8,10,13-17H2,1-4H3,(H,43,49)/t24-,25-,26?,33+,34+,39+,41+/m0/s1. The molecule has 0 aliphatic carbocycles. The first-order chi connectivity index (χ1) is 28.0. The third kappa shape index (κ3) is 5.68. The van der Waals surface area contributed by atoms with Crippen molar-refractivity contribution in [1.82, 2.24) is 20.9 Å². The van der Waals surface area contributed by atoms with Crippen LogP contribution in [0.25, 0.3) is 0 Å². The number of carbonyl (C=O) groups excluding carboxylic acids is 3. The summed E-state index contributed by atoms with van der Waals surface area (Å²) in [5, 5.41) is 41.5. The van der Waals surface area contributed by atoms with Gasteiger partial charge in [0.2, 0.25) is 12.7 Å². The van der Waals surface area contributed by atoms with Crippen molar-refractivity contribution in [3.05, 3.63) is 68.8 Å². The van der Waals surface area contributed by atoms with Crippen LogP contribution in [0.1, 0.15) is 68.8 Å². The van der Waals surface area contributed by atoms with Crippen molar-refractivity contribution in [2.24, 2.45) is 0 Å². The van der Waals surface area contributed by atoms with Gasteiger partial charge in [-0.1, -0.05) is 6.07 Å². The topological polar surface area (TPSA) is 210 Å². The van der Waals surface area contributed by atoms with E-state index in [1.165, 1.54) is 32.9 Å². The van der Waals surface area contributed by atoms with E-state index >= 15 is 0 Å². The summed E-state index contributed by atoms with van der Waals surface area (Å²) in [5.74, 6) is 0.453. The maximum Gasteiger partial charge on any atom is 0.331 e. The van der Waals surface area contributed by atoms with Gasteiger partial charge in [0.25, 0.3) is 0 Å². The molecule has 7 atom stereocenters. The molecule has 304 valence electrons. The monoisotopic (exact) mass is 813 g/mol. The number of rotatable bonds is 6. The van der Waals surface area contributed by atoms with E-state index in [1.807, 2.05) is 19.1 Å². The molecule has 58 heavy (non-hydrogen) atoms. The van der Waals surface area contributed by atoms with Crippen LogP contribution in [0.15, 0.2) is 24.3 Å². The largest absolute Gasteiger partial charge is 0.504 e. The number of nitrogens with one attached hydrogen (secondary N) is 3. The predicted molar refractivity (Wildman–Crippen MR) is 206 cm³/mol. The highest BCUT2D eigenvalue weighted by atomic mass is 32.2. The van der Waals surface area contributed by atoms with Gasteiger partial charge in [0.1, 0.15) is 30.8 Å². The Hall–Kier alpha value is -5.25. The fourth-order valence-corrected chi connectivity index (χ4v) is 11.6. The van der Waals surface area contributed by atoms with Gasteiger partial charge in [-0.15, -0.1) is 11.8 Å². The van der Waals surface area contributed by atoms with Gasteiger partial charge in [-0.05, 0) is 54.7 Å². The third-order valence-electron chi connectivity index (χ3n) is 12.4. The summed E-state index contributed by atoms with van der Waals surface area (Å²) in [6.45, 7) is 2.76. The zero-order valence-corrected chi connectivity index (χ0v) is 33.1. The van der Waals surface area contributed by atoms with Crippen LogP contribution in [0, 0.1) is 18.3 Å². The van der Waals surface area contributed by atoms with Crippen LogP contribution in [0.2, 0.25) is 0 Å². The van der Waals surface area contributed by atoms with E-state index in [9.17, 15) is 29.9 Å². The SMILES string of the molecule is COc1cc2c(cc1CNC(=O)CO)CCN[C@]21CS[C@@H]2c3c(OC(C)=O)c(C)c4c(c3C(COC1=O)N1[C@@H]2[C@@H]2N[C@@H](Cc3ccc(OC)c(O)c32)[C@@H]1C#N)OCO4. The number of thioether (sulfide) groups is 1. The van der Waals surface area contributed by atoms with Crippen molar-refractivity contribution in [1.29, 1.82) is 5.26 Å². The van der Waals surface area contributed by atoms with E-state index in [0.29, 0.717) is 81.5 Å². The van der Waals surface area contributed by atoms with Crippen molar-refractivity contribution >= 4 is 29.6 Å². The molecule has 0 radical (unpaired) electrons. The molecule has 2 saturated heterocycles. The zero-order chi connectivity index (χ0) is 40.6. The summed E-state index contributed by atoms with van der Waals surface area (Å²) in [6, 6.07) is 6.99. The molecule has 3 aromatic rings. The number of ether oxygens (including phenoxy) is 6. The molecule has 1 unspecified atom stereocenters. The van der Waals surface area contributed by atoms with Crippen LogP contribution in [0.3, 0.4) is 0 Å². The second-order valence-electron chi connectivity index (χ2n) is 15.3. The molecule has 7 heterocycles. The lowest BCUT2D eigenvalue weighted by Gasteiger charge is -2.59. The van der Waals surface area contributed by atoms with Crippen LogP contribution in [-0.4, -0.2) is 97.6 Å². The second kappa shape index (κ2) is 14.5. The molecule has 0 saturated carbocycles. The first-order valence-electron chi connectivity index (χ1n) is 19.1. The number of hydrogen-bond acceptors (Lipinski definition) is 16. The molecule has 0 aromatic heterocycles. The summed E-state index contributed by atoms with van der Waals surface area (Å²) in [5.41, 5.74) is 4.20. The molecule has 7 aliphatic heterocycles. The molecule has 2 fully saturated rings. The predicted octanol–water partition coefficient (Wildman–Crippen LogP) is 2.24. The number of phenolic OH excluding ortho intramolecular Hbond substituents is 1. The highest BCUT2D eigenvalue weighted by molar-refractivity contribution is 7.99. The Kier molecular flexibility index (Phi) is 9.59. The number of aliphatic hydroxyl groups excluding tert-OH is 1. The van der Waals surface area contributed by atoms with Crippen molar-refractivity contribution in [3.63, 3.8) is 0 Å². The van der Waals surface area contributed by atoms with Crippen molar-refractivity contribution in [3.8, 4) is 40.6 Å². The highest BCUT2D eigenvalue weighted by Gasteiger charge is 2.60. The lowest BCUT2D eigenvalue weighted by Crippen LogP contribution is -2.69. The lowest BCUT2D eigenvalue weighted by molar-refractivity contribution is -0.155. The molecule has 1 spiro atoms. The number of nitrogens with zero attached hydrogens (tertiary/aromatic N) is 2. The number of esters is 2. The van der Waals surface area contributed by atoms with Gasteiger partial charge in [0.05, 0.1) is 37.6 Å². The van der Waals surface area contributed by atoms with Crippen molar-refractivity contribution in [2.75, 3.05) is 46.5 Å². The van der Waals surface area contributed by atoms with E-state index in [-0.39, 0.29) is 37.5 Å². The smallest absolute Gasteiger partial charge is 0.331 e. The summed E-state index contributed by atoms with van der Waals surface area (Å²) < 4.78 is 36.2. The molecule has 7 aliphatic rings. The lowest BCUT2D eigenvalue weighted by atomic mass is 9.72. The number of fused-ring (bicyclic) bond motifs is 9. The molecule has 3 aromatic carbocycles. The number of methoxy groups -OCH3 is 2. The number of aliphatic hydroxyl groups is 1. The third-order valence-corrected chi connectivity index (χ3v) is 13.8. The Morgan fingerprint density at radius 3 is 2.64 bits per heavy atom. The quantitative estimate of drug-likeness (QED) is 0.179. The average molecular weight is 814 g/mol. The van der Waals surface area contributed by atoms with Crippen LogP contribution in [0.5, 0.6) is 34.5 Å². The number of hydrogen-bond donors (Lipinski definition) is 5. The first-order valence-corrected chi connectivity index (χ1v) is 20.2. The van der Waals surface area contributed by atoms with Gasteiger partial charge in [-0.2, -0.15) is 5.26 Å². The Labute approximate surface area is 338 Å². The molecule has 17 heteroatoms. The van der Waals surface area contributed by atoms with Crippen LogP contribution < -0.4 is 39.6 Å². The normalized spacial score (nSPS) is 27.6. The summed E-state index contributed by atoms with van der Waals surface area (Å²) in [6.07, 6.45) is 1.02. The van der Waals surface area contributed by atoms with Gasteiger partial charge in [-0.25, -0.2) is 4.79 Å². The molecule has 5 N–H and O–H groups in total.